The van der Waals surface area contributed by atoms with Crippen molar-refractivity contribution in [1.29, 1.82) is 0 Å². The Bertz CT molecular complexity index is 783. The largest absolute Gasteiger partial charge is 0.458 e. The van der Waals surface area contributed by atoms with Crippen molar-refractivity contribution in [1.82, 2.24) is 0 Å². The van der Waals surface area contributed by atoms with Crippen molar-refractivity contribution >= 4 is 21.9 Å². The lowest BCUT2D eigenvalue weighted by Crippen LogP contribution is -2.37. The van der Waals surface area contributed by atoms with Gasteiger partial charge < -0.3 is 4.74 Å². The number of esters is 1. The Labute approximate surface area is 177 Å². The zero-order valence-electron chi connectivity index (χ0n) is 17.0. The van der Waals surface area contributed by atoms with Gasteiger partial charge in [0.1, 0.15) is 6.10 Å². The number of allylic oxidation sites excluding steroid dienone is 1. The van der Waals surface area contributed by atoms with Crippen LogP contribution in [0.25, 0.3) is 0 Å². The predicted octanol–water partition coefficient (Wildman–Crippen LogP) is 6.77. The fraction of sp³-hybridized carbons (Fsp3) is 0.560. The molecule has 4 rings (SSSR count). The van der Waals surface area contributed by atoms with Crippen LogP contribution in [0.15, 0.2) is 53.0 Å². The van der Waals surface area contributed by atoms with Crippen LogP contribution in [0.4, 0.5) is 0 Å². The number of carbonyl (C=O) groups excluding carboxylic acids is 1. The Balaban J connectivity index is 1.54. The zero-order valence-corrected chi connectivity index (χ0v) is 18.6. The fourth-order valence-electron chi connectivity index (χ4n) is 6.57. The van der Waals surface area contributed by atoms with Gasteiger partial charge in [0, 0.05) is 5.57 Å². The molecule has 1 aromatic carbocycles. The van der Waals surface area contributed by atoms with E-state index in [0.717, 1.165) is 12.0 Å². The van der Waals surface area contributed by atoms with Crippen LogP contribution in [0.1, 0.15) is 63.9 Å². The maximum Gasteiger partial charge on any atom is 0.334 e. The Kier molecular flexibility index (Phi) is 5.57. The molecule has 6 atom stereocenters. The summed E-state index contributed by atoms with van der Waals surface area (Å²) in [6.07, 6.45) is 7.25. The maximum absolute atomic E-state index is 12.3. The summed E-state index contributed by atoms with van der Waals surface area (Å²) in [4.78, 5) is 14.5. The van der Waals surface area contributed by atoms with Gasteiger partial charge in [-0.05, 0) is 72.2 Å². The van der Waals surface area contributed by atoms with Gasteiger partial charge in [-0.3, -0.25) is 0 Å². The number of carbonyl (C=O) groups is 1. The minimum absolute atomic E-state index is 0.00879. The van der Waals surface area contributed by atoms with Gasteiger partial charge in [0.15, 0.2) is 0 Å². The minimum Gasteiger partial charge on any atom is -0.458 e. The molecule has 3 fully saturated rings. The summed E-state index contributed by atoms with van der Waals surface area (Å²) in [6.45, 7) is 8.95. The van der Waals surface area contributed by atoms with Crippen LogP contribution in [0.2, 0.25) is 0 Å². The van der Waals surface area contributed by atoms with Crippen LogP contribution in [-0.4, -0.2) is 12.1 Å². The molecule has 2 saturated carbocycles. The van der Waals surface area contributed by atoms with Crippen molar-refractivity contribution in [2.24, 2.45) is 23.2 Å². The van der Waals surface area contributed by atoms with E-state index in [-0.39, 0.29) is 18.0 Å². The molecular formula is C25H31BrO2. The molecule has 1 aromatic rings. The quantitative estimate of drug-likeness (QED) is 0.379. The summed E-state index contributed by atoms with van der Waals surface area (Å²) in [5.74, 6) is 1.69. The number of hydrogen-bond donors (Lipinski definition) is 0. The highest BCUT2D eigenvalue weighted by molar-refractivity contribution is 9.11. The first-order valence-corrected chi connectivity index (χ1v) is 11.6. The van der Waals surface area contributed by atoms with E-state index in [4.69, 9.17) is 4.74 Å². The molecule has 0 bridgehead atoms. The monoisotopic (exact) mass is 442 g/mol. The molecule has 0 spiro atoms. The third-order valence-corrected chi connectivity index (χ3v) is 8.48. The summed E-state index contributed by atoms with van der Waals surface area (Å²) in [7, 11) is 0. The lowest BCUT2D eigenvalue weighted by Gasteiger charge is -2.44. The predicted molar refractivity (Wildman–Crippen MR) is 117 cm³/mol. The summed E-state index contributed by atoms with van der Waals surface area (Å²) >= 11 is 3.62. The molecule has 1 heterocycles. The number of hydrogen-bond acceptors (Lipinski definition) is 2. The summed E-state index contributed by atoms with van der Waals surface area (Å²) < 4.78 is 5.82. The number of cyclic esters (lactones) is 1. The average Bonchev–Trinajstić information content (AvgIpc) is 3.18. The van der Waals surface area contributed by atoms with E-state index in [1.807, 2.05) is 18.2 Å². The highest BCUT2D eigenvalue weighted by Gasteiger charge is 2.51. The van der Waals surface area contributed by atoms with Gasteiger partial charge in [-0.15, -0.1) is 0 Å². The van der Waals surface area contributed by atoms with Gasteiger partial charge >= 0.3 is 5.97 Å². The van der Waals surface area contributed by atoms with E-state index in [2.05, 4.69) is 53.5 Å². The number of ether oxygens (including phenoxy) is 1. The van der Waals surface area contributed by atoms with Gasteiger partial charge in [0.05, 0.1) is 5.92 Å². The van der Waals surface area contributed by atoms with Crippen molar-refractivity contribution in [2.45, 2.75) is 64.4 Å². The molecule has 0 N–H and O–H groups in total. The Morgan fingerprint density at radius 2 is 2.07 bits per heavy atom. The van der Waals surface area contributed by atoms with Crippen molar-refractivity contribution in [3.8, 4) is 0 Å². The fourth-order valence-corrected chi connectivity index (χ4v) is 7.12. The van der Waals surface area contributed by atoms with E-state index in [9.17, 15) is 4.79 Å². The highest BCUT2D eigenvalue weighted by Crippen LogP contribution is 2.60. The first kappa shape index (κ1) is 19.9. The molecule has 3 aliphatic rings. The zero-order chi connectivity index (χ0) is 19.9. The Hall–Kier alpha value is -1.35. The average molecular weight is 443 g/mol. The summed E-state index contributed by atoms with van der Waals surface area (Å²) in [5, 5.41) is 0. The topological polar surface area (TPSA) is 26.3 Å². The van der Waals surface area contributed by atoms with Crippen molar-refractivity contribution in [3.05, 3.63) is 58.6 Å². The SMILES string of the molecule is C=C1C(=O)O[C@@H](C[C@@H](C)[C@H]2CC[C@H]3/C(=C/Br)CCC[C@]23C)[C@@H]1c1ccccc1. The van der Waals surface area contributed by atoms with Crippen LogP contribution < -0.4 is 0 Å². The molecule has 28 heavy (non-hydrogen) atoms. The Morgan fingerprint density at radius 3 is 2.79 bits per heavy atom. The van der Waals surface area contributed by atoms with Gasteiger partial charge in [0.2, 0.25) is 0 Å². The number of fused-ring (bicyclic) bond motifs is 1. The molecule has 0 unspecified atom stereocenters. The van der Waals surface area contributed by atoms with Crippen molar-refractivity contribution in [2.75, 3.05) is 0 Å². The lowest BCUT2D eigenvalue weighted by atomic mass is 9.61. The molecule has 0 amide bonds. The van der Waals surface area contributed by atoms with E-state index in [0.29, 0.717) is 28.7 Å². The first-order valence-electron chi connectivity index (χ1n) is 10.7. The van der Waals surface area contributed by atoms with E-state index < -0.39 is 0 Å². The van der Waals surface area contributed by atoms with Crippen molar-refractivity contribution in [3.63, 3.8) is 0 Å². The molecule has 1 saturated heterocycles. The lowest BCUT2D eigenvalue weighted by molar-refractivity contribution is -0.139. The van der Waals surface area contributed by atoms with E-state index in [1.54, 1.807) is 5.57 Å². The second-order valence-corrected chi connectivity index (χ2v) is 9.81. The van der Waals surface area contributed by atoms with Crippen LogP contribution in [0.3, 0.4) is 0 Å². The summed E-state index contributed by atoms with van der Waals surface area (Å²) in [6, 6.07) is 10.3. The van der Waals surface area contributed by atoms with Gasteiger partial charge in [0.25, 0.3) is 0 Å². The minimum atomic E-state index is -0.219. The normalized spacial score (nSPS) is 37.8. The Morgan fingerprint density at radius 1 is 1.32 bits per heavy atom. The molecule has 0 radical (unpaired) electrons. The van der Waals surface area contributed by atoms with Crippen LogP contribution in [0, 0.1) is 23.2 Å². The van der Waals surface area contributed by atoms with Crippen LogP contribution in [-0.2, 0) is 9.53 Å². The summed E-state index contributed by atoms with van der Waals surface area (Å²) in [5.41, 5.74) is 3.74. The maximum atomic E-state index is 12.3. The third kappa shape index (κ3) is 3.30. The number of rotatable bonds is 4. The molecule has 0 aromatic heterocycles. The third-order valence-electron chi connectivity index (χ3n) is 7.90. The van der Waals surface area contributed by atoms with E-state index in [1.165, 1.54) is 32.1 Å². The van der Waals surface area contributed by atoms with E-state index >= 15 is 0 Å². The number of benzene rings is 1. The molecule has 1 aliphatic heterocycles. The first-order chi connectivity index (χ1) is 13.5. The van der Waals surface area contributed by atoms with Crippen LogP contribution >= 0.6 is 15.9 Å². The van der Waals surface area contributed by atoms with Gasteiger partial charge in [-0.1, -0.05) is 72.3 Å². The van der Waals surface area contributed by atoms with Gasteiger partial charge in [-0.2, -0.15) is 0 Å². The standard InChI is InChI=1S/C25H31BrO2/c1-16(20-11-12-21-19(15-26)10-7-13-25(20,21)3)14-22-23(17(2)24(27)28-22)18-8-5-4-6-9-18/h4-6,8-9,15-16,20-23H,2,7,10-14H2,1,3H3/b19-15+/t16-,20-,21+,22+,23+,25-/m1/s1. The molecule has 150 valence electrons. The second-order valence-electron chi connectivity index (χ2n) is 9.35. The molecule has 2 nitrogen and oxygen atoms in total. The smallest absolute Gasteiger partial charge is 0.334 e. The van der Waals surface area contributed by atoms with Crippen LogP contribution in [0.5, 0.6) is 0 Å². The van der Waals surface area contributed by atoms with Crippen molar-refractivity contribution < 1.29 is 9.53 Å². The molecule has 3 heteroatoms. The second kappa shape index (κ2) is 7.82. The molecular weight excluding hydrogens is 412 g/mol. The number of halogens is 1. The highest BCUT2D eigenvalue weighted by atomic mass is 79.9. The molecule has 2 aliphatic carbocycles. The van der Waals surface area contributed by atoms with Gasteiger partial charge in [-0.25, -0.2) is 4.79 Å².